The first kappa shape index (κ1) is 23.8. The summed E-state index contributed by atoms with van der Waals surface area (Å²) in [5, 5.41) is 3.59. The van der Waals surface area contributed by atoms with Gasteiger partial charge in [0.15, 0.2) is 0 Å². The van der Waals surface area contributed by atoms with Crippen molar-refractivity contribution in [1.29, 1.82) is 0 Å². The van der Waals surface area contributed by atoms with Crippen LogP contribution in [0.5, 0.6) is 0 Å². The van der Waals surface area contributed by atoms with Gasteiger partial charge in [-0.05, 0) is 62.7 Å². The maximum Gasteiger partial charge on any atom is 0.242 e. The summed E-state index contributed by atoms with van der Waals surface area (Å²) in [6.45, 7) is 5.98. The van der Waals surface area contributed by atoms with Gasteiger partial charge in [0.1, 0.15) is 6.04 Å². The average molecular weight is 498 g/mol. The zero-order valence-corrected chi connectivity index (χ0v) is 20.0. The van der Waals surface area contributed by atoms with Crippen LogP contribution in [-0.2, 0) is 16.1 Å². The van der Waals surface area contributed by atoms with E-state index in [1.54, 1.807) is 23.6 Å². The predicted octanol–water partition coefficient (Wildman–Crippen LogP) is 5.53. The summed E-state index contributed by atoms with van der Waals surface area (Å²) in [7, 11) is 0. The summed E-state index contributed by atoms with van der Waals surface area (Å²) in [5.41, 5.74) is 0.974. The number of halogens is 2. The molecule has 0 aliphatic heterocycles. The standard InChI is InChI=1S/C22H26BrClN2O2S/c1-15(2)25-22(28)16(3)26(14-17-5-4-6-18(23)13-17)21(27)11-12-29-20-9-7-19(24)8-10-20/h4-10,13,15-16H,11-12,14H2,1-3H3,(H,25,28). The Labute approximate surface area is 190 Å². The number of carbonyl (C=O) groups is 2. The quantitative estimate of drug-likeness (QED) is 0.464. The van der Waals surface area contributed by atoms with Gasteiger partial charge in [-0.15, -0.1) is 11.8 Å². The molecule has 0 spiro atoms. The zero-order chi connectivity index (χ0) is 21.4. The minimum absolute atomic E-state index is 0.0215. The monoisotopic (exact) mass is 496 g/mol. The van der Waals surface area contributed by atoms with Gasteiger partial charge in [-0.25, -0.2) is 0 Å². The second-order valence-electron chi connectivity index (χ2n) is 7.04. The van der Waals surface area contributed by atoms with Crippen LogP contribution in [0.25, 0.3) is 0 Å². The van der Waals surface area contributed by atoms with Crippen LogP contribution in [-0.4, -0.2) is 34.6 Å². The largest absolute Gasteiger partial charge is 0.352 e. The van der Waals surface area contributed by atoms with E-state index in [9.17, 15) is 9.59 Å². The van der Waals surface area contributed by atoms with Gasteiger partial charge in [-0.3, -0.25) is 9.59 Å². The number of benzene rings is 2. The fourth-order valence-corrected chi connectivity index (χ4v) is 4.16. The van der Waals surface area contributed by atoms with Gasteiger partial charge in [-0.2, -0.15) is 0 Å². The summed E-state index contributed by atoms with van der Waals surface area (Å²) in [6.07, 6.45) is 0.348. The molecule has 0 aliphatic rings. The first-order chi connectivity index (χ1) is 13.8. The van der Waals surface area contributed by atoms with E-state index in [-0.39, 0.29) is 17.9 Å². The Hall–Kier alpha value is -1.50. The number of nitrogens with one attached hydrogen (secondary N) is 1. The minimum Gasteiger partial charge on any atom is -0.352 e. The number of amides is 2. The number of thioether (sulfide) groups is 1. The van der Waals surface area contributed by atoms with Crippen LogP contribution in [0.2, 0.25) is 5.02 Å². The van der Waals surface area contributed by atoms with Crippen LogP contribution < -0.4 is 5.32 Å². The van der Waals surface area contributed by atoms with Crippen molar-refractivity contribution in [2.45, 2.75) is 50.7 Å². The molecule has 1 unspecified atom stereocenters. The van der Waals surface area contributed by atoms with E-state index in [0.29, 0.717) is 23.7 Å². The molecule has 2 aromatic rings. The van der Waals surface area contributed by atoms with Crippen molar-refractivity contribution in [1.82, 2.24) is 10.2 Å². The Bertz CT molecular complexity index is 830. The van der Waals surface area contributed by atoms with Gasteiger partial charge in [0.05, 0.1) is 0 Å². The molecule has 0 radical (unpaired) electrons. The molecule has 2 aromatic carbocycles. The fourth-order valence-electron chi connectivity index (χ4n) is 2.75. The van der Waals surface area contributed by atoms with E-state index in [0.717, 1.165) is 14.9 Å². The van der Waals surface area contributed by atoms with E-state index >= 15 is 0 Å². The van der Waals surface area contributed by atoms with Crippen LogP contribution in [0.15, 0.2) is 57.9 Å². The molecule has 2 amide bonds. The molecule has 156 valence electrons. The lowest BCUT2D eigenvalue weighted by Crippen LogP contribution is -2.49. The van der Waals surface area contributed by atoms with Crippen LogP contribution in [0.1, 0.15) is 32.8 Å². The van der Waals surface area contributed by atoms with Crippen LogP contribution in [0.4, 0.5) is 0 Å². The fraction of sp³-hybridized carbons (Fsp3) is 0.364. The maximum atomic E-state index is 13.0. The Morgan fingerprint density at radius 3 is 2.45 bits per heavy atom. The lowest BCUT2D eigenvalue weighted by Gasteiger charge is -2.29. The second kappa shape index (κ2) is 11.6. The molecule has 0 aromatic heterocycles. The van der Waals surface area contributed by atoms with Crippen molar-refractivity contribution in [3.63, 3.8) is 0 Å². The molecular weight excluding hydrogens is 472 g/mol. The minimum atomic E-state index is -0.551. The van der Waals surface area contributed by atoms with Crippen molar-refractivity contribution >= 4 is 51.1 Å². The Kier molecular flexibility index (Phi) is 9.53. The molecule has 4 nitrogen and oxygen atoms in total. The third-order valence-electron chi connectivity index (χ3n) is 4.24. The van der Waals surface area contributed by atoms with Crippen molar-refractivity contribution in [3.05, 3.63) is 63.6 Å². The van der Waals surface area contributed by atoms with Gasteiger partial charge in [0.25, 0.3) is 0 Å². The van der Waals surface area contributed by atoms with Gasteiger partial charge in [0.2, 0.25) is 11.8 Å². The van der Waals surface area contributed by atoms with Gasteiger partial charge in [0, 0.05) is 39.2 Å². The summed E-state index contributed by atoms with van der Waals surface area (Å²) >= 11 is 11.0. The SMILES string of the molecule is CC(C)NC(=O)C(C)N(Cc1cccc(Br)c1)C(=O)CCSc1ccc(Cl)cc1. The highest BCUT2D eigenvalue weighted by Crippen LogP contribution is 2.22. The predicted molar refractivity (Wildman–Crippen MR) is 124 cm³/mol. The second-order valence-corrected chi connectivity index (χ2v) is 9.56. The molecule has 1 atom stereocenters. The summed E-state index contributed by atoms with van der Waals surface area (Å²) < 4.78 is 0.944. The molecule has 1 N–H and O–H groups in total. The summed E-state index contributed by atoms with van der Waals surface area (Å²) in [4.78, 5) is 28.3. The Morgan fingerprint density at radius 2 is 1.83 bits per heavy atom. The molecule has 0 saturated carbocycles. The molecule has 0 saturated heterocycles. The number of hydrogen-bond donors (Lipinski definition) is 1. The van der Waals surface area contributed by atoms with Crippen molar-refractivity contribution in [2.24, 2.45) is 0 Å². The highest BCUT2D eigenvalue weighted by atomic mass is 79.9. The van der Waals surface area contributed by atoms with E-state index in [1.165, 1.54) is 0 Å². The molecule has 29 heavy (non-hydrogen) atoms. The van der Waals surface area contributed by atoms with Gasteiger partial charge < -0.3 is 10.2 Å². The van der Waals surface area contributed by atoms with Crippen molar-refractivity contribution in [2.75, 3.05) is 5.75 Å². The molecule has 0 fully saturated rings. The maximum absolute atomic E-state index is 13.0. The molecule has 0 bridgehead atoms. The molecule has 7 heteroatoms. The lowest BCUT2D eigenvalue weighted by molar-refractivity contribution is -0.140. The third-order valence-corrected chi connectivity index (χ3v) is 6.00. The van der Waals surface area contributed by atoms with Gasteiger partial charge >= 0.3 is 0 Å². The molecule has 0 heterocycles. The number of hydrogen-bond acceptors (Lipinski definition) is 3. The average Bonchev–Trinajstić information content (AvgIpc) is 2.66. The number of carbonyl (C=O) groups excluding carboxylic acids is 2. The van der Waals surface area contributed by atoms with Crippen LogP contribution in [0.3, 0.4) is 0 Å². The van der Waals surface area contributed by atoms with E-state index in [4.69, 9.17) is 11.6 Å². The zero-order valence-electron chi connectivity index (χ0n) is 16.8. The summed E-state index contributed by atoms with van der Waals surface area (Å²) in [5.74, 6) is 0.445. The van der Waals surface area contributed by atoms with Crippen LogP contribution >= 0.6 is 39.3 Å². The molecular formula is C22H26BrClN2O2S. The first-order valence-electron chi connectivity index (χ1n) is 9.49. The van der Waals surface area contributed by atoms with Gasteiger partial charge in [-0.1, -0.05) is 39.7 Å². The van der Waals surface area contributed by atoms with Crippen molar-refractivity contribution in [3.8, 4) is 0 Å². The highest BCUT2D eigenvalue weighted by Gasteiger charge is 2.26. The summed E-state index contributed by atoms with van der Waals surface area (Å²) in [6, 6.07) is 14.8. The molecule has 2 rings (SSSR count). The van der Waals surface area contributed by atoms with E-state index < -0.39 is 6.04 Å². The topological polar surface area (TPSA) is 49.4 Å². The molecule has 0 aliphatic carbocycles. The third kappa shape index (κ3) is 8.03. The first-order valence-corrected chi connectivity index (χ1v) is 11.6. The Morgan fingerprint density at radius 1 is 1.14 bits per heavy atom. The van der Waals surface area contributed by atoms with E-state index in [1.807, 2.05) is 62.4 Å². The van der Waals surface area contributed by atoms with Crippen molar-refractivity contribution < 1.29 is 9.59 Å². The number of rotatable bonds is 9. The smallest absolute Gasteiger partial charge is 0.242 e. The number of nitrogens with zero attached hydrogens (tertiary/aromatic N) is 1. The van der Waals surface area contributed by atoms with Crippen LogP contribution in [0, 0.1) is 0 Å². The van der Waals surface area contributed by atoms with E-state index in [2.05, 4.69) is 21.2 Å². The lowest BCUT2D eigenvalue weighted by atomic mass is 10.1. The normalized spacial score (nSPS) is 11.9. The highest BCUT2D eigenvalue weighted by molar-refractivity contribution is 9.10. The Balaban J connectivity index is 2.06.